The molecule has 0 atom stereocenters. The molecule has 0 unspecified atom stereocenters. The highest BCUT2D eigenvalue weighted by molar-refractivity contribution is 6.44. The SMILES string of the molecule is CN/C=C(/NC(=O)c1nc(C)ncc1Nc1cncnc1)C(=N)C(=O)NCC(C)(C)O. The predicted octanol–water partition coefficient (Wildman–Crippen LogP) is 0.0161. The van der Waals surface area contributed by atoms with Crippen LogP contribution in [-0.4, -0.2) is 61.8 Å². The zero-order valence-corrected chi connectivity index (χ0v) is 17.6. The van der Waals surface area contributed by atoms with Gasteiger partial charge in [-0.2, -0.15) is 0 Å². The summed E-state index contributed by atoms with van der Waals surface area (Å²) in [5.41, 5.74) is -0.905. The second kappa shape index (κ2) is 10.2. The molecule has 0 saturated heterocycles. The monoisotopic (exact) mass is 427 g/mol. The molecule has 0 fully saturated rings. The zero-order valence-electron chi connectivity index (χ0n) is 17.6. The number of hydrogen-bond donors (Lipinski definition) is 6. The van der Waals surface area contributed by atoms with Crippen LogP contribution in [0.1, 0.15) is 30.2 Å². The van der Waals surface area contributed by atoms with Crippen molar-refractivity contribution in [3.63, 3.8) is 0 Å². The average molecular weight is 427 g/mol. The molecule has 2 rings (SSSR count). The summed E-state index contributed by atoms with van der Waals surface area (Å²) in [6, 6.07) is 0. The van der Waals surface area contributed by atoms with Crippen LogP contribution in [0.5, 0.6) is 0 Å². The van der Waals surface area contributed by atoms with Crippen molar-refractivity contribution >= 4 is 28.9 Å². The number of anilines is 2. The Kier molecular flexibility index (Phi) is 7.69. The first kappa shape index (κ1) is 23.3. The molecule has 0 radical (unpaired) electrons. The lowest BCUT2D eigenvalue weighted by atomic mass is 10.1. The van der Waals surface area contributed by atoms with Gasteiger partial charge in [0, 0.05) is 19.8 Å². The Balaban J connectivity index is 2.23. The highest BCUT2D eigenvalue weighted by Gasteiger charge is 2.22. The van der Waals surface area contributed by atoms with E-state index in [0.717, 1.165) is 0 Å². The number of nitrogens with zero attached hydrogens (tertiary/aromatic N) is 4. The van der Waals surface area contributed by atoms with Crippen LogP contribution in [-0.2, 0) is 4.79 Å². The molecular weight excluding hydrogens is 402 g/mol. The van der Waals surface area contributed by atoms with E-state index in [2.05, 4.69) is 41.2 Å². The maximum atomic E-state index is 12.9. The number of amides is 2. The van der Waals surface area contributed by atoms with Gasteiger partial charge in [0.1, 0.15) is 17.9 Å². The predicted molar refractivity (Wildman–Crippen MR) is 114 cm³/mol. The van der Waals surface area contributed by atoms with E-state index in [1.54, 1.807) is 14.0 Å². The lowest BCUT2D eigenvalue weighted by Crippen LogP contribution is -2.43. The van der Waals surface area contributed by atoms with Crippen molar-refractivity contribution < 1.29 is 14.7 Å². The summed E-state index contributed by atoms with van der Waals surface area (Å²) in [5, 5.41) is 28.5. The number of aromatic nitrogens is 4. The number of carbonyl (C=O) groups excluding carboxylic acids is 2. The first-order valence-corrected chi connectivity index (χ1v) is 9.24. The van der Waals surface area contributed by atoms with Crippen LogP contribution in [0, 0.1) is 12.3 Å². The molecule has 12 nitrogen and oxygen atoms in total. The highest BCUT2D eigenvalue weighted by atomic mass is 16.3. The van der Waals surface area contributed by atoms with E-state index in [-0.39, 0.29) is 17.9 Å². The molecule has 2 heterocycles. The minimum absolute atomic E-state index is 0.00283. The number of aryl methyl sites for hydroxylation is 1. The Morgan fingerprint density at radius 3 is 2.52 bits per heavy atom. The maximum Gasteiger partial charge on any atom is 0.276 e. The van der Waals surface area contributed by atoms with Gasteiger partial charge in [0.2, 0.25) is 0 Å². The normalized spacial score (nSPS) is 11.5. The van der Waals surface area contributed by atoms with Gasteiger partial charge in [-0.1, -0.05) is 0 Å². The summed E-state index contributed by atoms with van der Waals surface area (Å²) in [6.07, 6.45) is 7.14. The van der Waals surface area contributed by atoms with Crippen molar-refractivity contribution in [2.45, 2.75) is 26.4 Å². The van der Waals surface area contributed by atoms with Gasteiger partial charge in [0.25, 0.3) is 11.8 Å². The number of aliphatic hydroxyl groups is 1. The molecule has 0 spiro atoms. The van der Waals surface area contributed by atoms with Gasteiger partial charge >= 0.3 is 0 Å². The van der Waals surface area contributed by atoms with Gasteiger partial charge in [0.05, 0.1) is 41.3 Å². The highest BCUT2D eigenvalue weighted by Crippen LogP contribution is 2.18. The molecule has 0 aromatic carbocycles. The Bertz CT molecular complexity index is 985. The number of nitrogens with one attached hydrogen (secondary N) is 5. The zero-order chi connectivity index (χ0) is 23.0. The summed E-state index contributed by atoms with van der Waals surface area (Å²) in [4.78, 5) is 41.3. The van der Waals surface area contributed by atoms with Crippen LogP contribution in [0.15, 0.2) is 36.8 Å². The first-order chi connectivity index (χ1) is 14.6. The Labute approximate surface area is 179 Å². The average Bonchev–Trinajstić information content (AvgIpc) is 2.72. The van der Waals surface area contributed by atoms with Crippen molar-refractivity contribution in [3.05, 3.63) is 48.3 Å². The first-order valence-electron chi connectivity index (χ1n) is 9.24. The maximum absolute atomic E-state index is 12.9. The Morgan fingerprint density at radius 2 is 1.90 bits per heavy atom. The van der Waals surface area contributed by atoms with Crippen LogP contribution in [0.25, 0.3) is 0 Å². The number of carbonyl (C=O) groups is 2. The quantitative estimate of drug-likeness (QED) is 0.301. The van der Waals surface area contributed by atoms with Gasteiger partial charge in [-0.3, -0.25) is 15.0 Å². The van der Waals surface area contributed by atoms with Crippen molar-refractivity contribution in [1.29, 1.82) is 5.41 Å². The van der Waals surface area contributed by atoms with Crippen LogP contribution >= 0.6 is 0 Å². The summed E-state index contributed by atoms with van der Waals surface area (Å²) in [6.45, 7) is 4.61. The molecule has 0 bridgehead atoms. The molecule has 31 heavy (non-hydrogen) atoms. The second-order valence-electron chi connectivity index (χ2n) is 7.10. The lowest BCUT2D eigenvalue weighted by Gasteiger charge is -2.18. The fourth-order valence-electron chi connectivity index (χ4n) is 2.26. The minimum Gasteiger partial charge on any atom is -0.392 e. The molecule has 2 aromatic heterocycles. The fraction of sp³-hybridized carbons (Fsp3) is 0.316. The Morgan fingerprint density at radius 1 is 1.23 bits per heavy atom. The standard InChI is InChI=1S/C19H25N9O3/c1-11-24-8-14(27-12-5-22-10-23-6-12)16(26-11)18(30)28-13(7-21-4)15(20)17(29)25-9-19(2,3)31/h5-8,10,20-21,27,31H,9H2,1-4H3,(H,25,29)(H,28,30)/b13-7+,20-15?. The van der Waals surface area contributed by atoms with Crippen molar-refractivity contribution in [1.82, 2.24) is 35.9 Å². The van der Waals surface area contributed by atoms with Gasteiger partial charge in [-0.05, 0) is 20.8 Å². The summed E-state index contributed by atoms with van der Waals surface area (Å²) in [7, 11) is 1.56. The summed E-state index contributed by atoms with van der Waals surface area (Å²) < 4.78 is 0. The van der Waals surface area contributed by atoms with E-state index in [1.807, 2.05) is 0 Å². The third-order valence-electron chi connectivity index (χ3n) is 3.68. The van der Waals surface area contributed by atoms with E-state index in [9.17, 15) is 14.7 Å². The van der Waals surface area contributed by atoms with Crippen LogP contribution in [0.2, 0.25) is 0 Å². The van der Waals surface area contributed by atoms with Gasteiger partial charge in [-0.25, -0.2) is 19.9 Å². The molecule has 0 aliphatic rings. The van der Waals surface area contributed by atoms with Gasteiger partial charge in [-0.15, -0.1) is 0 Å². The molecule has 12 heteroatoms. The number of rotatable bonds is 9. The summed E-state index contributed by atoms with van der Waals surface area (Å²) in [5.74, 6) is -1.06. The third-order valence-corrected chi connectivity index (χ3v) is 3.68. The van der Waals surface area contributed by atoms with Crippen LogP contribution < -0.4 is 21.3 Å². The van der Waals surface area contributed by atoms with Crippen molar-refractivity contribution in [2.24, 2.45) is 0 Å². The minimum atomic E-state index is -1.15. The third kappa shape index (κ3) is 7.12. The van der Waals surface area contributed by atoms with E-state index >= 15 is 0 Å². The molecule has 2 amide bonds. The van der Waals surface area contributed by atoms with Crippen molar-refractivity contribution in [2.75, 3.05) is 18.9 Å². The van der Waals surface area contributed by atoms with Crippen LogP contribution in [0.3, 0.4) is 0 Å². The topological polar surface area (TPSA) is 178 Å². The van der Waals surface area contributed by atoms with E-state index in [0.29, 0.717) is 17.2 Å². The molecule has 0 aliphatic carbocycles. The second-order valence-corrected chi connectivity index (χ2v) is 7.10. The molecule has 0 aliphatic heterocycles. The molecule has 6 N–H and O–H groups in total. The molecule has 164 valence electrons. The Hall–Kier alpha value is -3.93. The summed E-state index contributed by atoms with van der Waals surface area (Å²) >= 11 is 0. The van der Waals surface area contributed by atoms with E-state index in [4.69, 9.17) is 5.41 Å². The van der Waals surface area contributed by atoms with E-state index < -0.39 is 23.1 Å². The molecule has 2 aromatic rings. The molecular formula is C19H25N9O3. The lowest BCUT2D eigenvalue weighted by molar-refractivity contribution is -0.115. The molecule has 0 saturated carbocycles. The fourth-order valence-corrected chi connectivity index (χ4v) is 2.26. The van der Waals surface area contributed by atoms with Crippen molar-refractivity contribution in [3.8, 4) is 0 Å². The van der Waals surface area contributed by atoms with Gasteiger partial charge < -0.3 is 26.4 Å². The van der Waals surface area contributed by atoms with E-state index in [1.165, 1.54) is 45.0 Å². The van der Waals surface area contributed by atoms with Crippen LogP contribution in [0.4, 0.5) is 11.4 Å². The van der Waals surface area contributed by atoms with Gasteiger partial charge in [0.15, 0.2) is 5.69 Å². The smallest absolute Gasteiger partial charge is 0.276 e. The number of hydrogen-bond acceptors (Lipinski definition) is 10. The largest absolute Gasteiger partial charge is 0.392 e.